The lowest BCUT2D eigenvalue weighted by Gasteiger charge is -2.31. The first-order valence-electron chi connectivity index (χ1n) is 6.55. The zero-order valence-corrected chi connectivity index (χ0v) is 10.9. The first kappa shape index (κ1) is 13.3. The first-order valence-corrected chi connectivity index (χ1v) is 6.55. The van der Waals surface area contributed by atoms with Crippen molar-refractivity contribution in [3.05, 3.63) is 29.3 Å². The lowest BCUT2D eigenvalue weighted by molar-refractivity contribution is 0.491. The van der Waals surface area contributed by atoms with E-state index < -0.39 is 11.6 Å². The van der Waals surface area contributed by atoms with Crippen LogP contribution in [-0.4, -0.2) is 12.1 Å². The van der Waals surface area contributed by atoms with Gasteiger partial charge >= 0.3 is 0 Å². The number of nitrogens with two attached hydrogens (primary N) is 1. The zero-order valence-electron chi connectivity index (χ0n) is 10.9. The minimum absolute atomic E-state index is 0.0236. The van der Waals surface area contributed by atoms with Gasteiger partial charge in [-0.2, -0.15) is 0 Å². The minimum Gasteiger partial charge on any atom is -0.363 e. The Morgan fingerprint density at radius 3 is 2.61 bits per heavy atom. The highest BCUT2D eigenvalue weighted by Crippen LogP contribution is 2.34. The van der Waals surface area contributed by atoms with Gasteiger partial charge in [0.15, 0.2) is 11.6 Å². The summed E-state index contributed by atoms with van der Waals surface area (Å²) in [6.07, 6.45) is 3.01. The number of hydrogen-bond acceptors (Lipinski definition) is 2. The summed E-state index contributed by atoms with van der Waals surface area (Å²) in [6.45, 7) is 4.16. The molecule has 0 saturated carbocycles. The van der Waals surface area contributed by atoms with Gasteiger partial charge in [0.25, 0.3) is 0 Å². The molecule has 1 aromatic carbocycles. The van der Waals surface area contributed by atoms with Crippen LogP contribution in [0.15, 0.2) is 12.1 Å². The second-order valence-electron chi connectivity index (χ2n) is 4.97. The van der Waals surface area contributed by atoms with Gasteiger partial charge in [-0.25, -0.2) is 8.78 Å². The molecule has 18 heavy (non-hydrogen) atoms. The number of halogens is 2. The Hall–Kier alpha value is -1.16. The van der Waals surface area contributed by atoms with Gasteiger partial charge in [0.1, 0.15) is 0 Å². The fourth-order valence-corrected chi connectivity index (χ4v) is 2.84. The number of anilines is 1. The maximum Gasteiger partial charge on any atom is 0.182 e. The summed E-state index contributed by atoms with van der Waals surface area (Å²) in [5, 5.41) is 0. The van der Waals surface area contributed by atoms with E-state index in [0.29, 0.717) is 11.7 Å². The smallest absolute Gasteiger partial charge is 0.182 e. The Kier molecular flexibility index (Phi) is 3.85. The highest BCUT2D eigenvalue weighted by Gasteiger charge is 2.32. The third kappa shape index (κ3) is 2.09. The van der Waals surface area contributed by atoms with Crippen LogP contribution in [0.3, 0.4) is 0 Å². The predicted molar refractivity (Wildman–Crippen MR) is 69.5 cm³/mol. The van der Waals surface area contributed by atoms with Crippen LogP contribution in [0, 0.1) is 11.6 Å². The van der Waals surface area contributed by atoms with E-state index in [9.17, 15) is 8.78 Å². The Morgan fingerprint density at radius 2 is 2.00 bits per heavy atom. The van der Waals surface area contributed by atoms with Crippen LogP contribution in [0.5, 0.6) is 0 Å². The predicted octanol–water partition coefficient (Wildman–Crippen LogP) is 3.19. The van der Waals surface area contributed by atoms with Crippen molar-refractivity contribution >= 4 is 5.69 Å². The summed E-state index contributed by atoms with van der Waals surface area (Å²) in [5.41, 5.74) is 5.99. The molecule has 0 radical (unpaired) electrons. The summed E-state index contributed by atoms with van der Waals surface area (Å²) in [4.78, 5) is 2.01. The molecule has 1 saturated heterocycles. The van der Waals surface area contributed by atoms with Gasteiger partial charge in [-0.1, -0.05) is 13.0 Å². The number of nitrogens with zero attached hydrogens (tertiary/aromatic N) is 1. The molecule has 1 aromatic rings. The summed E-state index contributed by atoms with van der Waals surface area (Å²) in [7, 11) is 0. The molecular weight excluding hydrogens is 234 g/mol. The van der Waals surface area contributed by atoms with Crippen molar-refractivity contribution in [1.29, 1.82) is 0 Å². The molecule has 0 bridgehead atoms. The first-order chi connectivity index (χ1) is 8.60. The molecule has 0 aromatic heterocycles. The summed E-state index contributed by atoms with van der Waals surface area (Å²) >= 11 is 0. The van der Waals surface area contributed by atoms with Gasteiger partial charge < -0.3 is 10.6 Å². The minimum atomic E-state index is -0.802. The average Bonchev–Trinajstić information content (AvgIpc) is 2.74. The molecular formula is C14H20F2N2. The Balaban J connectivity index is 2.41. The summed E-state index contributed by atoms with van der Waals surface area (Å²) in [5.74, 6) is -1.56. The van der Waals surface area contributed by atoms with Crippen molar-refractivity contribution in [2.45, 2.75) is 51.7 Å². The normalized spacial score (nSPS) is 23.7. The molecule has 1 aliphatic heterocycles. The molecule has 2 unspecified atom stereocenters. The van der Waals surface area contributed by atoms with E-state index in [1.54, 1.807) is 12.1 Å². The molecule has 1 aliphatic rings. The third-order valence-electron chi connectivity index (χ3n) is 3.90. The largest absolute Gasteiger partial charge is 0.363 e. The van der Waals surface area contributed by atoms with Crippen molar-refractivity contribution in [2.75, 3.05) is 4.90 Å². The molecule has 2 rings (SSSR count). The third-order valence-corrected chi connectivity index (χ3v) is 3.90. The Morgan fingerprint density at radius 1 is 1.28 bits per heavy atom. The van der Waals surface area contributed by atoms with Crippen molar-refractivity contribution in [3.8, 4) is 0 Å². The standard InChI is InChI=1S/C14H20F2N2/c1-3-11-6-4-9(2)18(11)12-7-5-10(8-17)13(15)14(12)16/h5,7,9,11H,3-4,6,8,17H2,1-2H3. The van der Waals surface area contributed by atoms with Crippen LogP contribution in [0.2, 0.25) is 0 Å². The molecule has 4 heteroatoms. The van der Waals surface area contributed by atoms with Crippen LogP contribution in [0.1, 0.15) is 38.7 Å². The monoisotopic (exact) mass is 254 g/mol. The molecule has 0 amide bonds. The second-order valence-corrected chi connectivity index (χ2v) is 4.97. The fraction of sp³-hybridized carbons (Fsp3) is 0.571. The van der Waals surface area contributed by atoms with Gasteiger partial charge in [-0.3, -0.25) is 0 Å². The van der Waals surface area contributed by atoms with Crippen LogP contribution >= 0.6 is 0 Å². The van der Waals surface area contributed by atoms with E-state index in [-0.39, 0.29) is 18.2 Å². The topological polar surface area (TPSA) is 29.3 Å². The maximum absolute atomic E-state index is 14.1. The van der Waals surface area contributed by atoms with Crippen molar-refractivity contribution in [1.82, 2.24) is 0 Å². The van der Waals surface area contributed by atoms with Crippen molar-refractivity contribution in [2.24, 2.45) is 5.73 Å². The van der Waals surface area contributed by atoms with Crippen LogP contribution < -0.4 is 10.6 Å². The lowest BCUT2D eigenvalue weighted by atomic mass is 10.1. The van der Waals surface area contributed by atoms with Crippen molar-refractivity contribution in [3.63, 3.8) is 0 Å². The van der Waals surface area contributed by atoms with E-state index in [1.165, 1.54) is 0 Å². The summed E-state index contributed by atoms with van der Waals surface area (Å²) < 4.78 is 27.9. The van der Waals surface area contributed by atoms with Crippen LogP contribution in [-0.2, 0) is 6.54 Å². The molecule has 2 nitrogen and oxygen atoms in total. The molecule has 0 aliphatic carbocycles. The van der Waals surface area contributed by atoms with Crippen LogP contribution in [0.4, 0.5) is 14.5 Å². The molecule has 2 N–H and O–H groups in total. The molecule has 100 valence electrons. The Labute approximate surface area is 107 Å². The SMILES string of the molecule is CCC1CCC(C)N1c1ccc(CN)c(F)c1F. The van der Waals surface area contributed by atoms with Crippen LogP contribution in [0.25, 0.3) is 0 Å². The number of hydrogen-bond donors (Lipinski definition) is 1. The Bertz CT molecular complexity index is 434. The van der Waals surface area contributed by atoms with Gasteiger partial charge in [0, 0.05) is 24.2 Å². The maximum atomic E-state index is 14.1. The second kappa shape index (κ2) is 5.22. The molecule has 1 heterocycles. The number of rotatable bonds is 3. The number of benzene rings is 1. The fourth-order valence-electron chi connectivity index (χ4n) is 2.84. The van der Waals surface area contributed by atoms with Gasteiger partial charge in [0.2, 0.25) is 0 Å². The highest BCUT2D eigenvalue weighted by molar-refractivity contribution is 5.52. The zero-order chi connectivity index (χ0) is 13.3. The average molecular weight is 254 g/mol. The van der Waals surface area contributed by atoms with Gasteiger partial charge in [-0.15, -0.1) is 0 Å². The van der Waals surface area contributed by atoms with E-state index in [1.807, 2.05) is 4.90 Å². The lowest BCUT2D eigenvalue weighted by Crippen LogP contribution is -2.35. The highest BCUT2D eigenvalue weighted by atomic mass is 19.2. The van der Waals surface area contributed by atoms with Gasteiger partial charge in [-0.05, 0) is 32.3 Å². The van der Waals surface area contributed by atoms with E-state index in [4.69, 9.17) is 5.73 Å². The van der Waals surface area contributed by atoms with E-state index >= 15 is 0 Å². The quantitative estimate of drug-likeness (QED) is 0.897. The molecule has 1 fully saturated rings. The molecule has 2 atom stereocenters. The van der Waals surface area contributed by atoms with E-state index in [2.05, 4.69) is 13.8 Å². The molecule has 0 spiro atoms. The summed E-state index contributed by atoms with van der Waals surface area (Å²) in [6, 6.07) is 3.81. The van der Waals surface area contributed by atoms with Gasteiger partial charge in [0.05, 0.1) is 5.69 Å². The van der Waals surface area contributed by atoms with E-state index in [0.717, 1.165) is 19.3 Å². The van der Waals surface area contributed by atoms with Crippen molar-refractivity contribution < 1.29 is 8.78 Å².